The van der Waals surface area contributed by atoms with Crippen LogP contribution in [0.3, 0.4) is 0 Å². The molecule has 1 saturated carbocycles. The Morgan fingerprint density at radius 1 is 1.40 bits per heavy atom. The molecule has 138 valence electrons. The maximum absolute atomic E-state index is 11.6. The summed E-state index contributed by atoms with van der Waals surface area (Å²) in [6.07, 6.45) is 3.64. The van der Waals surface area contributed by atoms with Crippen LogP contribution in [0.25, 0.3) is 0 Å². The number of carboxylic acid groups (broad SMARTS) is 1. The second-order valence-electron chi connectivity index (χ2n) is 6.74. The number of carbonyl (C=O) groups is 1. The summed E-state index contributed by atoms with van der Waals surface area (Å²) in [5.41, 5.74) is -0.482. The van der Waals surface area contributed by atoms with Crippen molar-refractivity contribution in [2.45, 2.75) is 25.7 Å². The number of nitro benzene ring substituents is 1. The third kappa shape index (κ3) is 4.04. The number of ether oxygens (including phenoxy) is 1. The van der Waals surface area contributed by atoms with Crippen molar-refractivity contribution in [2.24, 2.45) is 11.3 Å². The summed E-state index contributed by atoms with van der Waals surface area (Å²) in [7, 11) is 0. The number of hydrogen-bond acceptors (Lipinski definition) is 5. The molecule has 1 heterocycles. The van der Waals surface area contributed by atoms with E-state index < -0.39 is 16.3 Å². The lowest BCUT2D eigenvalue weighted by atomic mass is 9.81. The largest absolute Gasteiger partial charge is 0.494 e. The van der Waals surface area contributed by atoms with Crippen LogP contribution >= 0.6 is 12.4 Å². The van der Waals surface area contributed by atoms with Crippen LogP contribution in [0.4, 0.5) is 5.69 Å². The van der Waals surface area contributed by atoms with Gasteiger partial charge in [0.2, 0.25) is 0 Å². The molecule has 1 saturated heterocycles. The molecular formula is C17H23ClN2O5. The quantitative estimate of drug-likeness (QED) is 0.450. The fourth-order valence-corrected chi connectivity index (χ4v) is 4.06. The van der Waals surface area contributed by atoms with Crippen molar-refractivity contribution >= 4 is 24.1 Å². The van der Waals surface area contributed by atoms with Crippen LogP contribution in [0.15, 0.2) is 24.3 Å². The third-order valence-electron chi connectivity index (χ3n) is 5.30. The summed E-state index contributed by atoms with van der Waals surface area (Å²) in [5, 5.41) is 20.2. The van der Waals surface area contributed by atoms with Crippen molar-refractivity contribution in [1.29, 1.82) is 0 Å². The van der Waals surface area contributed by atoms with Gasteiger partial charge in [0.25, 0.3) is 5.69 Å². The van der Waals surface area contributed by atoms with E-state index in [-0.39, 0.29) is 24.0 Å². The van der Waals surface area contributed by atoms with Crippen LogP contribution in [0.2, 0.25) is 0 Å². The molecular weight excluding hydrogens is 348 g/mol. The van der Waals surface area contributed by atoms with Crippen LogP contribution in [0.5, 0.6) is 5.75 Å². The molecule has 2 fully saturated rings. The standard InChI is InChI=1S/C17H22N2O5.ClH/c20-16(21)17-8-1-3-13(17)11-18(12-17)9-2-10-24-15-6-4-14(5-7-15)19(22)23;/h4-7,13H,1-3,8-12H2,(H,20,21);1H/t13-,17+;/m0./s1. The highest BCUT2D eigenvalue weighted by atomic mass is 35.5. The van der Waals surface area contributed by atoms with Gasteiger partial charge in [0.05, 0.1) is 16.9 Å². The Morgan fingerprint density at radius 3 is 2.72 bits per heavy atom. The monoisotopic (exact) mass is 370 g/mol. The number of fused-ring (bicyclic) bond motifs is 1. The Bertz CT molecular complexity index is 624. The number of nitrogens with zero attached hydrogens (tertiary/aromatic N) is 2. The summed E-state index contributed by atoms with van der Waals surface area (Å²) in [5.74, 6) is 0.251. The fourth-order valence-electron chi connectivity index (χ4n) is 4.06. The molecule has 1 N–H and O–H groups in total. The Balaban J connectivity index is 0.00000225. The minimum Gasteiger partial charge on any atom is -0.494 e. The molecule has 0 radical (unpaired) electrons. The lowest BCUT2D eigenvalue weighted by Crippen LogP contribution is -2.36. The molecule has 8 heteroatoms. The molecule has 3 rings (SSSR count). The molecule has 0 amide bonds. The van der Waals surface area contributed by atoms with Crippen LogP contribution in [-0.4, -0.2) is 47.1 Å². The average Bonchev–Trinajstić information content (AvgIpc) is 3.10. The number of nitro groups is 1. The van der Waals surface area contributed by atoms with E-state index in [1.54, 1.807) is 12.1 Å². The molecule has 0 bridgehead atoms. The minimum atomic E-state index is -0.644. The van der Waals surface area contributed by atoms with Crippen molar-refractivity contribution < 1.29 is 19.6 Å². The smallest absolute Gasteiger partial charge is 0.311 e. The zero-order valence-corrected chi connectivity index (χ0v) is 14.7. The number of carboxylic acids is 1. The van der Waals surface area contributed by atoms with Crippen molar-refractivity contribution in [1.82, 2.24) is 4.90 Å². The first-order valence-electron chi connectivity index (χ1n) is 8.34. The molecule has 1 aliphatic carbocycles. The van der Waals surface area contributed by atoms with Gasteiger partial charge in [-0.25, -0.2) is 0 Å². The summed E-state index contributed by atoms with van der Waals surface area (Å²) in [6.45, 7) is 2.84. The first-order chi connectivity index (χ1) is 11.5. The van der Waals surface area contributed by atoms with Crippen molar-refractivity contribution in [2.75, 3.05) is 26.2 Å². The highest BCUT2D eigenvalue weighted by Gasteiger charge is 2.54. The second kappa shape index (κ2) is 8.01. The zero-order valence-electron chi connectivity index (χ0n) is 13.9. The zero-order chi connectivity index (χ0) is 17.2. The van der Waals surface area contributed by atoms with Gasteiger partial charge in [0, 0.05) is 31.8 Å². The number of hydrogen-bond donors (Lipinski definition) is 1. The van der Waals surface area contributed by atoms with Gasteiger partial charge in [-0.1, -0.05) is 6.42 Å². The molecule has 2 atom stereocenters. The van der Waals surface area contributed by atoms with Gasteiger partial charge in [-0.05, 0) is 37.3 Å². The van der Waals surface area contributed by atoms with Crippen molar-refractivity contribution in [3.63, 3.8) is 0 Å². The molecule has 0 spiro atoms. The normalized spacial score (nSPS) is 25.2. The van der Waals surface area contributed by atoms with E-state index in [0.717, 1.165) is 38.8 Å². The second-order valence-corrected chi connectivity index (χ2v) is 6.74. The van der Waals surface area contributed by atoms with Crippen LogP contribution in [0, 0.1) is 21.4 Å². The van der Waals surface area contributed by atoms with E-state index >= 15 is 0 Å². The third-order valence-corrected chi connectivity index (χ3v) is 5.30. The maximum Gasteiger partial charge on any atom is 0.311 e. The van der Waals surface area contributed by atoms with Gasteiger partial charge in [0.1, 0.15) is 5.75 Å². The number of likely N-dealkylation sites (tertiary alicyclic amines) is 1. The van der Waals surface area contributed by atoms with E-state index in [1.165, 1.54) is 12.1 Å². The summed E-state index contributed by atoms with van der Waals surface area (Å²) in [4.78, 5) is 24.0. The van der Waals surface area contributed by atoms with E-state index in [2.05, 4.69) is 4.90 Å². The predicted molar refractivity (Wildman–Crippen MR) is 94.3 cm³/mol. The number of benzene rings is 1. The number of non-ortho nitro benzene ring substituents is 1. The Kier molecular flexibility index (Phi) is 6.24. The first-order valence-corrected chi connectivity index (χ1v) is 8.34. The molecule has 1 aromatic carbocycles. The lowest BCUT2D eigenvalue weighted by molar-refractivity contribution is -0.384. The van der Waals surface area contributed by atoms with Crippen molar-refractivity contribution in [3.05, 3.63) is 34.4 Å². The minimum absolute atomic E-state index is 0. The molecule has 0 aromatic heterocycles. The van der Waals surface area contributed by atoms with Crippen LogP contribution in [-0.2, 0) is 4.79 Å². The molecule has 25 heavy (non-hydrogen) atoms. The Hall–Kier alpha value is -1.86. The molecule has 1 aromatic rings. The Labute approximate surface area is 152 Å². The van der Waals surface area contributed by atoms with E-state index in [4.69, 9.17) is 4.74 Å². The van der Waals surface area contributed by atoms with Gasteiger partial charge in [0.15, 0.2) is 0 Å². The van der Waals surface area contributed by atoms with Gasteiger partial charge in [-0.2, -0.15) is 0 Å². The van der Waals surface area contributed by atoms with Crippen LogP contribution in [0.1, 0.15) is 25.7 Å². The maximum atomic E-state index is 11.6. The van der Waals surface area contributed by atoms with Crippen LogP contribution < -0.4 is 4.74 Å². The highest BCUT2D eigenvalue weighted by molar-refractivity contribution is 5.85. The van der Waals surface area contributed by atoms with Gasteiger partial charge in [-0.15, -0.1) is 12.4 Å². The van der Waals surface area contributed by atoms with Gasteiger partial charge < -0.3 is 14.7 Å². The van der Waals surface area contributed by atoms with Crippen molar-refractivity contribution in [3.8, 4) is 5.75 Å². The molecule has 1 aliphatic heterocycles. The highest BCUT2D eigenvalue weighted by Crippen LogP contribution is 2.48. The molecule has 7 nitrogen and oxygen atoms in total. The first kappa shape index (κ1) is 19.5. The number of halogens is 1. The average molecular weight is 371 g/mol. The van der Waals surface area contributed by atoms with E-state index in [9.17, 15) is 20.0 Å². The topological polar surface area (TPSA) is 92.9 Å². The summed E-state index contributed by atoms with van der Waals surface area (Å²) < 4.78 is 5.60. The summed E-state index contributed by atoms with van der Waals surface area (Å²) >= 11 is 0. The molecule has 0 unspecified atom stereocenters. The number of rotatable bonds is 7. The van der Waals surface area contributed by atoms with Gasteiger partial charge in [-0.3, -0.25) is 14.9 Å². The van der Waals surface area contributed by atoms with Gasteiger partial charge >= 0.3 is 5.97 Å². The van der Waals surface area contributed by atoms with E-state index in [0.29, 0.717) is 18.9 Å². The van der Waals surface area contributed by atoms with E-state index in [1.807, 2.05) is 0 Å². The lowest BCUT2D eigenvalue weighted by Gasteiger charge is -2.23. The molecule has 2 aliphatic rings. The number of aliphatic carboxylic acids is 1. The summed E-state index contributed by atoms with van der Waals surface area (Å²) in [6, 6.07) is 6.04. The Morgan fingerprint density at radius 2 is 2.12 bits per heavy atom. The predicted octanol–water partition coefficient (Wildman–Crippen LogP) is 2.97. The fraction of sp³-hybridized carbons (Fsp3) is 0.588. The SMILES string of the molecule is Cl.O=C(O)[C@@]12CCC[C@H]1CN(CCCOc1ccc([N+](=O)[O-])cc1)C2.